The van der Waals surface area contributed by atoms with E-state index >= 15 is 0 Å². The van der Waals surface area contributed by atoms with E-state index in [4.69, 9.17) is 0 Å². The van der Waals surface area contributed by atoms with E-state index in [-0.39, 0.29) is 5.41 Å². The van der Waals surface area contributed by atoms with Crippen molar-refractivity contribution in [3.63, 3.8) is 0 Å². The summed E-state index contributed by atoms with van der Waals surface area (Å²) < 4.78 is 0. The van der Waals surface area contributed by atoms with Gasteiger partial charge >= 0.3 is 0 Å². The Morgan fingerprint density at radius 3 is 2.22 bits per heavy atom. The first kappa shape index (κ1) is 14.0. The molecule has 0 saturated heterocycles. The summed E-state index contributed by atoms with van der Waals surface area (Å²) in [5.41, 5.74) is -0.0321. The highest BCUT2D eigenvalue weighted by atomic mass is 16.1. The van der Waals surface area contributed by atoms with E-state index in [1.54, 1.807) is 0 Å². The van der Waals surface area contributed by atoms with Crippen LogP contribution in [0.25, 0.3) is 0 Å². The van der Waals surface area contributed by atoms with Gasteiger partial charge in [0.25, 0.3) is 0 Å². The van der Waals surface area contributed by atoms with Crippen molar-refractivity contribution in [3.05, 3.63) is 0 Å². The van der Waals surface area contributed by atoms with Gasteiger partial charge in [-0.15, -0.1) is 0 Å². The molecule has 2 rings (SSSR count). The number of nitrogens with zero attached hydrogens (tertiary/aromatic N) is 1. The number of hydrogen-bond acceptors (Lipinski definition) is 2. The Bertz CT molecular complexity index is 262. The lowest BCUT2D eigenvalue weighted by Crippen LogP contribution is -2.43. The zero-order chi connectivity index (χ0) is 13.0. The van der Waals surface area contributed by atoms with Crippen molar-refractivity contribution in [2.45, 2.75) is 71.3 Å². The van der Waals surface area contributed by atoms with Crippen LogP contribution in [0.5, 0.6) is 0 Å². The van der Waals surface area contributed by atoms with Crippen molar-refractivity contribution in [2.24, 2.45) is 11.3 Å². The molecule has 0 atom stereocenters. The molecule has 0 spiro atoms. The van der Waals surface area contributed by atoms with Gasteiger partial charge in [-0.05, 0) is 45.4 Å². The summed E-state index contributed by atoms with van der Waals surface area (Å²) in [6.07, 6.45) is 11.5. The van der Waals surface area contributed by atoms with Crippen molar-refractivity contribution in [1.29, 1.82) is 0 Å². The second-order valence-electron chi connectivity index (χ2n) is 6.86. The summed E-state index contributed by atoms with van der Waals surface area (Å²) in [5.74, 6) is 0.918. The van der Waals surface area contributed by atoms with Crippen LogP contribution in [0, 0.1) is 11.3 Å². The third kappa shape index (κ3) is 3.81. The second-order valence-corrected chi connectivity index (χ2v) is 6.86. The van der Waals surface area contributed by atoms with E-state index in [1.807, 2.05) is 0 Å². The highest BCUT2D eigenvalue weighted by Crippen LogP contribution is 2.36. The summed E-state index contributed by atoms with van der Waals surface area (Å²) in [5, 5.41) is 0. The van der Waals surface area contributed by atoms with E-state index < -0.39 is 0 Å². The normalized spacial score (nSPS) is 24.2. The first-order valence-corrected chi connectivity index (χ1v) is 7.86. The molecule has 18 heavy (non-hydrogen) atoms. The molecular weight excluding hydrogens is 222 g/mol. The highest BCUT2D eigenvalue weighted by molar-refractivity contribution is 5.59. The van der Waals surface area contributed by atoms with Gasteiger partial charge in [-0.2, -0.15) is 0 Å². The lowest BCUT2D eigenvalue weighted by Gasteiger charge is -2.36. The van der Waals surface area contributed by atoms with Crippen LogP contribution >= 0.6 is 0 Å². The monoisotopic (exact) mass is 251 g/mol. The molecule has 2 saturated carbocycles. The number of rotatable bonds is 6. The molecule has 0 aromatic carbocycles. The zero-order valence-electron chi connectivity index (χ0n) is 12.2. The summed E-state index contributed by atoms with van der Waals surface area (Å²) in [6.45, 7) is 6.77. The molecule has 0 aliphatic heterocycles. The number of aldehydes is 1. The van der Waals surface area contributed by atoms with Gasteiger partial charge in [-0.3, -0.25) is 4.90 Å². The van der Waals surface area contributed by atoms with Crippen molar-refractivity contribution >= 4 is 6.29 Å². The van der Waals surface area contributed by atoms with E-state index in [1.165, 1.54) is 51.4 Å². The lowest BCUT2D eigenvalue weighted by molar-refractivity contribution is -0.118. The molecule has 0 bridgehead atoms. The number of carbonyl (C=O) groups excluding carboxylic acids is 1. The Morgan fingerprint density at radius 1 is 1.17 bits per heavy atom. The standard InChI is InChI=1S/C16H29NO/c1-14(2)17(11-15-7-8-15)12-16(13-18)9-5-3-4-6-10-16/h13-15H,3-12H2,1-2H3. The van der Waals surface area contributed by atoms with Crippen LogP contribution in [0.2, 0.25) is 0 Å². The van der Waals surface area contributed by atoms with Crippen molar-refractivity contribution < 1.29 is 4.79 Å². The molecule has 0 aromatic heterocycles. The second kappa shape index (κ2) is 6.18. The maximum Gasteiger partial charge on any atom is 0.127 e. The Morgan fingerprint density at radius 2 is 1.78 bits per heavy atom. The first-order valence-electron chi connectivity index (χ1n) is 7.86. The number of hydrogen-bond donors (Lipinski definition) is 0. The molecule has 104 valence electrons. The van der Waals surface area contributed by atoms with Crippen LogP contribution in [0.3, 0.4) is 0 Å². The average Bonchev–Trinajstić information content (AvgIpc) is 3.16. The van der Waals surface area contributed by atoms with Gasteiger partial charge in [0.05, 0.1) is 0 Å². The van der Waals surface area contributed by atoms with Crippen molar-refractivity contribution in [2.75, 3.05) is 13.1 Å². The molecule has 0 amide bonds. The van der Waals surface area contributed by atoms with Crippen LogP contribution in [-0.4, -0.2) is 30.3 Å². The third-order valence-corrected chi connectivity index (χ3v) is 4.79. The largest absolute Gasteiger partial charge is 0.303 e. The SMILES string of the molecule is CC(C)N(CC1CC1)CC1(C=O)CCCCCC1. The van der Waals surface area contributed by atoms with Gasteiger partial charge < -0.3 is 4.79 Å². The molecule has 2 nitrogen and oxygen atoms in total. The van der Waals surface area contributed by atoms with Crippen LogP contribution in [0.4, 0.5) is 0 Å². The first-order chi connectivity index (χ1) is 8.65. The minimum atomic E-state index is -0.0321. The smallest absolute Gasteiger partial charge is 0.127 e. The molecule has 2 aliphatic rings. The van der Waals surface area contributed by atoms with Gasteiger partial charge in [-0.1, -0.05) is 25.7 Å². The topological polar surface area (TPSA) is 20.3 Å². The fourth-order valence-electron chi connectivity index (χ4n) is 3.24. The predicted molar refractivity (Wildman–Crippen MR) is 75.6 cm³/mol. The molecule has 2 heteroatoms. The summed E-state index contributed by atoms with van der Waals surface area (Å²) in [6, 6.07) is 0.575. The van der Waals surface area contributed by atoms with E-state index in [0.717, 1.165) is 25.3 Å². The molecule has 0 heterocycles. The van der Waals surface area contributed by atoms with Crippen LogP contribution in [-0.2, 0) is 4.79 Å². The third-order valence-electron chi connectivity index (χ3n) is 4.79. The lowest BCUT2D eigenvalue weighted by atomic mass is 9.81. The molecular formula is C16H29NO. The maximum atomic E-state index is 11.7. The highest BCUT2D eigenvalue weighted by Gasteiger charge is 2.35. The summed E-state index contributed by atoms with van der Waals surface area (Å²) >= 11 is 0. The zero-order valence-corrected chi connectivity index (χ0v) is 12.2. The molecule has 2 fully saturated rings. The van der Waals surface area contributed by atoms with Gasteiger partial charge in [0.15, 0.2) is 0 Å². The van der Waals surface area contributed by atoms with E-state index in [9.17, 15) is 4.79 Å². The average molecular weight is 251 g/mol. The van der Waals surface area contributed by atoms with Crippen LogP contribution in [0.1, 0.15) is 65.2 Å². The molecule has 0 aromatic rings. The minimum Gasteiger partial charge on any atom is -0.303 e. The maximum absolute atomic E-state index is 11.7. The van der Waals surface area contributed by atoms with Crippen LogP contribution < -0.4 is 0 Å². The fraction of sp³-hybridized carbons (Fsp3) is 0.938. The number of carbonyl (C=O) groups is 1. The van der Waals surface area contributed by atoms with Gasteiger partial charge in [0.2, 0.25) is 0 Å². The predicted octanol–water partition coefficient (Wildman–Crippen LogP) is 3.65. The molecule has 2 aliphatic carbocycles. The summed E-state index contributed by atoms with van der Waals surface area (Å²) in [7, 11) is 0. The Balaban J connectivity index is 1.98. The van der Waals surface area contributed by atoms with Crippen molar-refractivity contribution in [3.8, 4) is 0 Å². The molecule has 0 unspecified atom stereocenters. The summed E-state index contributed by atoms with van der Waals surface area (Å²) in [4.78, 5) is 14.2. The van der Waals surface area contributed by atoms with Gasteiger partial charge in [0, 0.05) is 24.5 Å². The molecule has 0 N–H and O–H groups in total. The molecule has 0 radical (unpaired) electrons. The fourth-order valence-corrected chi connectivity index (χ4v) is 3.24. The van der Waals surface area contributed by atoms with E-state index in [2.05, 4.69) is 18.7 Å². The van der Waals surface area contributed by atoms with E-state index in [0.29, 0.717) is 6.04 Å². The van der Waals surface area contributed by atoms with Crippen LogP contribution in [0.15, 0.2) is 0 Å². The Labute approximate surface area is 112 Å². The Kier molecular flexibility index (Phi) is 4.83. The quantitative estimate of drug-likeness (QED) is 0.530. The Hall–Kier alpha value is -0.370. The van der Waals surface area contributed by atoms with Gasteiger partial charge in [0.1, 0.15) is 6.29 Å². The minimum absolute atomic E-state index is 0.0321. The van der Waals surface area contributed by atoms with Crippen molar-refractivity contribution in [1.82, 2.24) is 4.90 Å². The van der Waals surface area contributed by atoms with Gasteiger partial charge in [-0.25, -0.2) is 0 Å².